The second kappa shape index (κ2) is 3.69. The van der Waals surface area contributed by atoms with Crippen molar-refractivity contribution in [3.8, 4) is 0 Å². The van der Waals surface area contributed by atoms with E-state index in [9.17, 15) is 0 Å². The molecule has 78 valence electrons. The van der Waals surface area contributed by atoms with Crippen LogP contribution in [0, 0.1) is 0 Å². The standard InChI is InChI=1S/2C3H9P.2ClH.Pd/c2*1-4(2)3;;;/h2*1-3H3;2*1H;. The predicted molar refractivity (Wildman–Crippen MR) is 63.9 cm³/mol. The van der Waals surface area contributed by atoms with Crippen molar-refractivity contribution in [2.75, 3.05) is 40.0 Å². The van der Waals surface area contributed by atoms with Gasteiger partial charge >= 0.3 is 82.5 Å². The van der Waals surface area contributed by atoms with E-state index in [1.165, 1.54) is 0 Å². The molecule has 0 unspecified atom stereocenters. The Hall–Kier alpha value is 2.10. The third-order valence-electron chi connectivity index (χ3n) is 1.19. The van der Waals surface area contributed by atoms with E-state index >= 15 is 0 Å². The summed E-state index contributed by atoms with van der Waals surface area (Å²) in [6, 6.07) is 0. The quantitative estimate of drug-likeness (QED) is 0.536. The van der Waals surface area contributed by atoms with Crippen LogP contribution in [0.2, 0.25) is 0 Å². The van der Waals surface area contributed by atoms with Crippen molar-refractivity contribution in [1.29, 1.82) is 0 Å². The van der Waals surface area contributed by atoms with Crippen molar-refractivity contribution >= 4 is 30.0 Å². The van der Waals surface area contributed by atoms with Gasteiger partial charge in [-0.2, -0.15) is 0 Å². The Morgan fingerprint density at radius 1 is 0.727 bits per heavy atom. The third-order valence-corrected chi connectivity index (χ3v) is 63.4. The Morgan fingerprint density at radius 3 is 0.909 bits per heavy atom. The molecule has 0 aliphatic heterocycles. The second-order valence-corrected chi connectivity index (χ2v) is 45.2. The maximum atomic E-state index is 6.53. The zero-order chi connectivity index (χ0) is 9.50. The first-order valence-corrected chi connectivity index (χ1v) is 18.9. The molecule has 0 spiro atoms. The van der Waals surface area contributed by atoms with Gasteiger partial charge in [0.05, 0.1) is 0 Å². The van der Waals surface area contributed by atoms with Crippen molar-refractivity contribution < 1.29 is 12.5 Å². The van der Waals surface area contributed by atoms with Gasteiger partial charge in [0.15, 0.2) is 0 Å². The first kappa shape index (κ1) is 13.1. The molecule has 0 saturated carbocycles. The molecule has 0 radical (unpaired) electrons. The third kappa shape index (κ3) is 3.06. The summed E-state index contributed by atoms with van der Waals surface area (Å²) in [5, 5.41) is 0. The molecule has 0 bridgehead atoms. The minimum atomic E-state index is -2.00. The average molecular weight is 332 g/mol. The first-order chi connectivity index (χ1) is 4.50. The van der Waals surface area contributed by atoms with Crippen LogP contribution in [-0.4, -0.2) is 40.0 Å². The fraction of sp³-hybridized carbons (Fsp3) is 1.00. The Balaban J connectivity index is 4.75. The van der Waals surface area contributed by atoms with Crippen LogP contribution in [0.15, 0.2) is 0 Å². The van der Waals surface area contributed by atoms with Crippen molar-refractivity contribution in [2.45, 2.75) is 0 Å². The molecule has 0 aromatic carbocycles. The molecule has 0 aromatic heterocycles. The summed E-state index contributed by atoms with van der Waals surface area (Å²) >= 11 is -2.00. The normalized spacial score (nSPS) is 19.6. The SMILES string of the molecule is C[PH](C)(C)[Pd]([Cl])([Cl])[PH](C)(C)C. The van der Waals surface area contributed by atoms with E-state index in [-0.39, 0.29) is 0 Å². The topological polar surface area (TPSA) is 0 Å². The minimum absolute atomic E-state index is 1.28. The summed E-state index contributed by atoms with van der Waals surface area (Å²) in [5.74, 6) is 0. The average Bonchev–Trinajstić information content (AvgIpc) is 1.58. The summed E-state index contributed by atoms with van der Waals surface area (Å²) in [4.78, 5) is 0. The van der Waals surface area contributed by atoms with E-state index in [0.29, 0.717) is 0 Å². The van der Waals surface area contributed by atoms with Gasteiger partial charge in [-0.05, 0) is 0 Å². The molecule has 0 rings (SSSR count). The number of hydrogen-bond donors (Lipinski definition) is 0. The Morgan fingerprint density at radius 2 is 0.909 bits per heavy atom. The van der Waals surface area contributed by atoms with Gasteiger partial charge in [-0.15, -0.1) is 0 Å². The number of rotatable bonds is 2. The van der Waals surface area contributed by atoms with Gasteiger partial charge in [-0.3, -0.25) is 0 Å². The van der Waals surface area contributed by atoms with E-state index in [4.69, 9.17) is 19.1 Å². The van der Waals surface area contributed by atoms with Crippen LogP contribution in [0.5, 0.6) is 0 Å². The molecule has 5 heteroatoms. The molecule has 0 atom stereocenters. The van der Waals surface area contributed by atoms with Gasteiger partial charge in [0.25, 0.3) is 0 Å². The second-order valence-electron chi connectivity index (χ2n) is 4.31. The van der Waals surface area contributed by atoms with E-state index in [1.54, 1.807) is 0 Å². The van der Waals surface area contributed by atoms with Crippen LogP contribution >= 0.6 is 30.0 Å². The van der Waals surface area contributed by atoms with Crippen LogP contribution in [0.4, 0.5) is 0 Å². The zero-order valence-electron chi connectivity index (χ0n) is 8.07. The molecular weight excluding hydrogens is 311 g/mol. The van der Waals surface area contributed by atoms with Gasteiger partial charge in [-0.25, -0.2) is 0 Å². The van der Waals surface area contributed by atoms with Crippen LogP contribution in [0.3, 0.4) is 0 Å². The summed E-state index contributed by atoms with van der Waals surface area (Å²) in [6.45, 7) is 13.8. The van der Waals surface area contributed by atoms with Crippen LogP contribution in [-0.2, 0) is 12.5 Å². The molecule has 0 aromatic rings. The van der Waals surface area contributed by atoms with Gasteiger partial charge in [-0.1, -0.05) is 0 Å². The summed E-state index contributed by atoms with van der Waals surface area (Å²) < 4.78 is 0. The van der Waals surface area contributed by atoms with Gasteiger partial charge < -0.3 is 0 Å². The van der Waals surface area contributed by atoms with E-state index < -0.39 is 23.4 Å². The Bertz CT molecular complexity index is 130. The molecule has 0 saturated heterocycles. The summed E-state index contributed by atoms with van der Waals surface area (Å²) in [7, 11) is 13.1. The molecular formula is C6H20Cl2P2Pd. The zero-order valence-corrected chi connectivity index (χ0v) is 13.1. The van der Waals surface area contributed by atoms with Crippen molar-refractivity contribution in [3.05, 3.63) is 0 Å². The molecule has 0 aliphatic carbocycles. The monoisotopic (exact) mass is 330 g/mol. The van der Waals surface area contributed by atoms with Gasteiger partial charge in [0, 0.05) is 0 Å². The van der Waals surface area contributed by atoms with Crippen molar-refractivity contribution in [3.63, 3.8) is 0 Å². The number of hydrogen-bond acceptors (Lipinski definition) is 0. The van der Waals surface area contributed by atoms with E-state index in [2.05, 4.69) is 40.0 Å². The van der Waals surface area contributed by atoms with E-state index in [0.717, 1.165) is 0 Å². The number of halogens is 2. The van der Waals surface area contributed by atoms with Crippen LogP contribution in [0.25, 0.3) is 0 Å². The molecule has 11 heavy (non-hydrogen) atoms. The summed E-state index contributed by atoms with van der Waals surface area (Å²) in [6.07, 6.45) is 0. The fourth-order valence-electron chi connectivity index (χ4n) is 0.712. The molecule has 0 fully saturated rings. The van der Waals surface area contributed by atoms with Crippen LogP contribution in [0.1, 0.15) is 0 Å². The molecule has 0 nitrogen and oxygen atoms in total. The van der Waals surface area contributed by atoms with Gasteiger partial charge in [0.1, 0.15) is 0 Å². The molecule has 0 amide bonds. The Kier molecular flexibility index (Phi) is 4.40. The maximum absolute atomic E-state index is 6.53. The van der Waals surface area contributed by atoms with E-state index in [1.807, 2.05) is 0 Å². The predicted octanol–water partition coefficient (Wildman–Crippen LogP) is 3.56. The molecule has 0 aliphatic rings. The molecule has 0 N–H and O–H groups in total. The van der Waals surface area contributed by atoms with Gasteiger partial charge in [0.2, 0.25) is 0 Å². The Labute approximate surface area is 82.0 Å². The summed E-state index contributed by atoms with van der Waals surface area (Å²) in [5.41, 5.74) is -2.56. The van der Waals surface area contributed by atoms with Crippen molar-refractivity contribution in [2.24, 2.45) is 0 Å². The molecule has 0 heterocycles. The first-order valence-electron chi connectivity index (χ1n) is 3.56. The van der Waals surface area contributed by atoms with Crippen molar-refractivity contribution in [1.82, 2.24) is 0 Å². The fourth-order valence-corrected chi connectivity index (χ4v) is 37.9. The van der Waals surface area contributed by atoms with Crippen LogP contribution < -0.4 is 0 Å².